The minimum atomic E-state index is 0.389. The zero-order chi connectivity index (χ0) is 12.1. The van der Waals surface area contributed by atoms with Gasteiger partial charge < -0.3 is 10.1 Å². The van der Waals surface area contributed by atoms with Gasteiger partial charge in [0.25, 0.3) is 0 Å². The summed E-state index contributed by atoms with van der Waals surface area (Å²) < 4.78 is 5.12. The molecule has 0 aliphatic heterocycles. The minimum absolute atomic E-state index is 0.389. The Bertz CT molecular complexity index is 421. The van der Waals surface area contributed by atoms with Crippen LogP contribution in [0.2, 0.25) is 0 Å². The van der Waals surface area contributed by atoms with Crippen molar-refractivity contribution in [2.45, 2.75) is 19.3 Å². The van der Waals surface area contributed by atoms with Crippen molar-refractivity contribution < 1.29 is 4.74 Å². The molecular weight excluding hydrogens is 214 g/mol. The zero-order valence-electron chi connectivity index (χ0n) is 10.1. The molecule has 0 amide bonds. The average Bonchev–Trinajstić information content (AvgIpc) is 3.15. The Morgan fingerprint density at radius 2 is 2.41 bits per heavy atom. The van der Waals surface area contributed by atoms with Gasteiger partial charge in [0.2, 0.25) is 0 Å². The third-order valence-electron chi connectivity index (χ3n) is 3.33. The van der Waals surface area contributed by atoms with Gasteiger partial charge in [0.1, 0.15) is 5.82 Å². The van der Waals surface area contributed by atoms with E-state index in [1.807, 2.05) is 0 Å². The van der Waals surface area contributed by atoms with Crippen molar-refractivity contribution in [2.75, 3.05) is 25.6 Å². The Morgan fingerprint density at radius 1 is 1.59 bits per heavy atom. The summed E-state index contributed by atoms with van der Waals surface area (Å²) in [6.07, 6.45) is 5.26. The predicted octanol–water partition coefficient (Wildman–Crippen LogP) is 2.18. The third-order valence-corrected chi connectivity index (χ3v) is 3.33. The summed E-state index contributed by atoms with van der Waals surface area (Å²) in [7, 11) is 1.74. The van der Waals surface area contributed by atoms with Crippen molar-refractivity contribution in [2.24, 2.45) is 5.41 Å². The average molecular weight is 231 g/mol. The molecule has 2 rings (SSSR count). The normalized spacial score (nSPS) is 16.2. The van der Waals surface area contributed by atoms with Crippen molar-refractivity contribution in [3.63, 3.8) is 0 Å². The molecule has 0 aromatic carbocycles. The monoisotopic (exact) mass is 231 g/mol. The predicted molar refractivity (Wildman–Crippen MR) is 65.6 cm³/mol. The molecule has 1 N–H and O–H groups in total. The molecule has 0 spiro atoms. The van der Waals surface area contributed by atoms with Crippen LogP contribution < -0.4 is 5.32 Å². The van der Waals surface area contributed by atoms with E-state index in [1.54, 1.807) is 25.4 Å². The van der Waals surface area contributed by atoms with Gasteiger partial charge in [-0.05, 0) is 36.8 Å². The third kappa shape index (κ3) is 3.18. The Balaban J connectivity index is 1.87. The number of pyridine rings is 1. The highest BCUT2D eigenvalue weighted by Crippen LogP contribution is 2.48. The number of hydrogen-bond acceptors (Lipinski definition) is 4. The summed E-state index contributed by atoms with van der Waals surface area (Å²) in [5.41, 5.74) is 1.03. The molecule has 1 saturated carbocycles. The van der Waals surface area contributed by atoms with Gasteiger partial charge >= 0.3 is 0 Å². The number of aromatic nitrogens is 1. The second kappa shape index (κ2) is 5.15. The summed E-state index contributed by atoms with van der Waals surface area (Å²) in [5, 5.41) is 12.1. The summed E-state index contributed by atoms with van der Waals surface area (Å²) >= 11 is 0. The molecule has 4 heteroatoms. The van der Waals surface area contributed by atoms with Crippen LogP contribution in [0.1, 0.15) is 24.8 Å². The van der Waals surface area contributed by atoms with Crippen molar-refractivity contribution in [1.82, 2.24) is 4.98 Å². The maximum absolute atomic E-state index is 8.80. The number of anilines is 1. The molecule has 4 nitrogen and oxygen atoms in total. The number of methoxy groups -OCH3 is 1. The molecule has 17 heavy (non-hydrogen) atoms. The Labute approximate surface area is 102 Å². The second-order valence-electron chi connectivity index (χ2n) is 4.64. The van der Waals surface area contributed by atoms with E-state index in [9.17, 15) is 0 Å². The lowest BCUT2D eigenvalue weighted by Gasteiger charge is -2.15. The van der Waals surface area contributed by atoms with E-state index >= 15 is 0 Å². The van der Waals surface area contributed by atoms with Crippen LogP contribution in [0.25, 0.3) is 0 Å². The number of nitriles is 1. The fourth-order valence-electron chi connectivity index (χ4n) is 1.89. The highest BCUT2D eigenvalue weighted by atomic mass is 16.5. The fraction of sp³-hybridized carbons (Fsp3) is 0.538. The quantitative estimate of drug-likeness (QED) is 0.815. The molecule has 0 atom stereocenters. The van der Waals surface area contributed by atoms with Crippen molar-refractivity contribution in [3.05, 3.63) is 23.9 Å². The lowest BCUT2D eigenvalue weighted by molar-refractivity contribution is 0.175. The van der Waals surface area contributed by atoms with Crippen LogP contribution in [-0.4, -0.2) is 25.2 Å². The fourth-order valence-corrected chi connectivity index (χ4v) is 1.89. The first kappa shape index (κ1) is 11.9. The van der Waals surface area contributed by atoms with Crippen LogP contribution in [0.15, 0.2) is 18.3 Å². The number of nitrogens with one attached hydrogen (secondary N) is 1. The molecule has 1 aliphatic rings. The maximum atomic E-state index is 8.80. The standard InChI is InChI=1S/C13H17N3O/c1-17-7-5-13(3-4-13)10-16-12-8-11(9-14)2-6-15-12/h2,6,8H,3-5,7,10H2,1H3,(H,15,16). The lowest BCUT2D eigenvalue weighted by Crippen LogP contribution is -2.17. The van der Waals surface area contributed by atoms with E-state index in [2.05, 4.69) is 16.4 Å². The van der Waals surface area contributed by atoms with Crippen LogP contribution in [0.3, 0.4) is 0 Å². The summed E-state index contributed by atoms with van der Waals surface area (Å²) in [6.45, 7) is 1.73. The topological polar surface area (TPSA) is 57.9 Å². The summed E-state index contributed by atoms with van der Waals surface area (Å²) in [5.74, 6) is 0.785. The van der Waals surface area contributed by atoms with Gasteiger partial charge in [0.05, 0.1) is 11.6 Å². The van der Waals surface area contributed by atoms with Gasteiger partial charge in [-0.1, -0.05) is 0 Å². The Kier molecular flexibility index (Phi) is 3.60. The molecule has 1 aromatic heterocycles. The van der Waals surface area contributed by atoms with Gasteiger partial charge in [-0.3, -0.25) is 0 Å². The van der Waals surface area contributed by atoms with Crippen LogP contribution in [-0.2, 0) is 4.74 Å². The largest absolute Gasteiger partial charge is 0.385 e. The van der Waals surface area contributed by atoms with E-state index in [4.69, 9.17) is 10.00 Å². The lowest BCUT2D eigenvalue weighted by atomic mass is 10.0. The smallest absolute Gasteiger partial charge is 0.127 e. The van der Waals surface area contributed by atoms with E-state index < -0.39 is 0 Å². The minimum Gasteiger partial charge on any atom is -0.385 e. The molecule has 1 fully saturated rings. The Morgan fingerprint density at radius 3 is 3.06 bits per heavy atom. The van der Waals surface area contributed by atoms with Crippen LogP contribution in [0, 0.1) is 16.7 Å². The zero-order valence-corrected chi connectivity index (χ0v) is 10.1. The summed E-state index contributed by atoms with van der Waals surface area (Å²) in [4.78, 5) is 4.21. The van der Waals surface area contributed by atoms with Gasteiger partial charge in [0.15, 0.2) is 0 Å². The summed E-state index contributed by atoms with van der Waals surface area (Å²) in [6, 6.07) is 5.61. The van der Waals surface area contributed by atoms with Crippen LogP contribution in [0.4, 0.5) is 5.82 Å². The SMILES string of the molecule is COCCC1(CNc2cc(C#N)ccn2)CC1. The van der Waals surface area contributed by atoms with Crippen molar-refractivity contribution in [3.8, 4) is 6.07 Å². The second-order valence-corrected chi connectivity index (χ2v) is 4.64. The molecule has 0 radical (unpaired) electrons. The molecule has 1 aromatic rings. The van der Waals surface area contributed by atoms with E-state index in [-0.39, 0.29) is 0 Å². The van der Waals surface area contributed by atoms with Gasteiger partial charge in [-0.25, -0.2) is 4.98 Å². The molecule has 1 heterocycles. The van der Waals surface area contributed by atoms with Gasteiger partial charge in [-0.15, -0.1) is 0 Å². The number of rotatable bonds is 6. The number of ether oxygens (including phenoxy) is 1. The molecule has 0 saturated heterocycles. The van der Waals surface area contributed by atoms with Crippen molar-refractivity contribution >= 4 is 5.82 Å². The van der Waals surface area contributed by atoms with Crippen LogP contribution >= 0.6 is 0 Å². The highest BCUT2D eigenvalue weighted by Gasteiger charge is 2.41. The van der Waals surface area contributed by atoms with Crippen molar-refractivity contribution in [1.29, 1.82) is 5.26 Å². The molecule has 0 bridgehead atoms. The first-order chi connectivity index (χ1) is 8.28. The molecule has 90 valence electrons. The highest BCUT2D eigenvalue weighted by molar-refractivity contribution is 5.42. The Hall–Kier alpha value is -1.60. The van der Waals surface area contributed by atoms with E-state index in [1.165, 1.54) is 12.8 Å². The molecule has 1 aliphatic carbocycles. The van der Waals surface area contributed by atoms with Crippen LogP contribution in [0.5, 0.6) is 0 Å². The van der Waals surface area contributed by atoms with E-state index in [0.29, 0.717) is 11.0 Å². The van der Waals surface area contributed by atoms with Gasteiger partial charge in [0, 0.05) is 26.5 Å². The number of hydrogen-bond donors (Lipinski definition) is 1. The molecule has 0 unspecified atom stereocenters. The maximum Gasteiger partial charge on any atom is 0.127 e. The van der Waals surface area contributed by atoms with E-state index in [0.717, 1.165) is 25.4 Å². The first-order valence-electron chi connectivity index (χ1n) is 5.87. The molecular formula is C13H17N3O. The first-order valence-corrected chi connectivity index (χ1v) is 5.87. The van der Waals surface area contributed by atoms with Gasteiger partial charge in [-0.2, -0.15) is 5.26 Å². The number of nitrogens with zero attached hydrogens (tertiary/aromatic N) is 2.